The molecule has 19 heavy (non-hydrogen) atoms. The van der Waals surface area contributed by atoms with Crippen LogP contribution in [0.2, 0.25) is 0 Å². The van der Waals surface area contributed by atoms with Gasteiger partial charge in [-0.1, -0.05) is 29.8 Å². The predicted molar refractivity (Wildman–Crippen MR) is 67.8 cm³/mol. The van der Waals surface area contributed by atoms with Gasteiger partial charge in [0, 0.05) is 0 Å². The van der Waals surface area contributed by atoms with Crippen molar-refractivity contribution in [2.24, 2.45) is 0 Å². The highest BCUT2D eigenvalue weighted by Gasteiger charge is 2.12. The quantitative estimate of drug-likeness (QED) is 0.917. The van der Waals surface area contributed by atoms with Gasteiger partial charge >= 0.3 is 0 Å². The SMILES string of the molecule is Cc1ccc(COc2c(F)cc(CO)cc2F)cc1. The predicted octanol–water partition coefficient (Wildman–Crippen LogP) is 3.34. The summed E-state index contributed by atoms with van der Waals surface area (Å²) in [5.41, 5.74) is 2.11. The Morgan fingerprint density at radius 3 is 2.11 bits per heavy atom. The Labute approximate surface area is 110 Å². The molecule has 0 atom stereocenters. The molecular formula is C15H14F2O2. The first-order valence-electron chi connectivity index (χ1n) is 5.87. The van der Waals surface area contributed by atoms with Crippen molar-refractivity contribution in [3.8, 4) is 5.75 Å². The third kappa shape index (κ3) is 3.29. The number of ether oxygens (including phenoxy) is 1. The minimum absolute atomic E-state index is 0.0899. The first-order valence-corrected chi connectivity index (χ1v) is 5.87. The number of benzene rings is 2. The first-order chi connectivity index (χ1) is 9.10. The molecule has 2 aromatic rings. The van der Waals surface area contributed by atoms with Crippen LogP contribution in [0.4, 0.5) is 8.78 Å². The van der Waals surface area contributed by atoms with Crippen molar-refractivity contribution in [2.45, 2.75) is 20.1 Å². The van der Waals surface area contributed by atoms with E-state index in [-0.39, 0.29) is 12.2 Å². The van der Waals surface area contributed by atoms with Crippen molar-refractivity contribution in [1.29, 1.82) is 0 Å². The molecule has 2 aromatic carbocycles. The Morgan fingerprint density at radius 1 is 1.00 bits per heavy atom. The van der Waals surface area contributed by atoms with Gasteiger partial charge in [-0.25, -0.2) is 8.78 Å². The van der Waals surface area contributed by atoms with Gasteiger partial charge in [0.2, 0.25) is 0 Å². The van der Waals surface area contributed by atoms with E-state index in [1.807, 2.05) is 31.2 Å². The molecule has 0 heterocycles. The Morgan fingerprint density at radius 2 is 1.58 bits per heavy atom. The third-order valence-electron chi connectivity index (χ3n) is 2.74. The molecule has 1 N–H and O–H groups in total. The van der Waals surface area contributed by atoms with Crippen LogP contribution in [0.3, 0.4) is 0 Å². The van der Waals surface area contributed by atoms with Gasteiger partial charge < -0.3 is 9.84 Å². The fraction of sp³-hybridized carbons (Fsp3) is 0.200. The minimum Gasteiger partial charge on any atom is -0.483 e. The van der Waals surface area contributed by atoms with Crippen LogP contribution in [0.15, 0.2) is 36.4 Å². The van der Waals surface area contributed by atoms with E-state index in [4.69, 9.17) is 9.84 Å². The molecule has 0 fully saturated rings. The van der Waals surface area contributed by atoms with Crippen molar-refractivity contribution in [1.82, 2.24) is 0 Å². The fourth-order valence-corrected chi connectivity index (χ4v) is 1.68. The molecule has 0 saturated carbocycles. The van der Waals surface area contributed by atoms with E-state index in [1.54, 1.807) is 0 Å². The molecule has 0 saturated heterocycles. The second kappa shape index (κ2) is 5.80. The summed E-state index contributed by atoms with van der Waals surface area (Å²) in [5.74, 6) is -2.04. The molecule has 0 radical (unpaired) electrons. The minimum atomic E-state index is -0.809. The average molecular weight is 264 g/mol. The maximum absolute atomic E-state index is 13.6. The third-order valence-corrected chi connectivity index (χ3v) is 2.74. The average Bonchev–Trinajstić information content (AvgIpc) is 2.39. The summed E-state index contributed by atoms with van der Waals surface area (Å²) in [4.78, 5) is 0. The van der Waals surface area contributed by atoms with Crippen LogP contribution in [0, 0.1) is 18.6 Å². The molecule has 0 aliphatic rings. The molecular weight excluding hydrogens is 250 g/mol. The van der Waals surface area contributed by atoms with Gasteiger partial charge in [0.1, 0.15) is 6.61 Å². The molecule has 2 rings (SSSR count). The van der Waals surface area contributed by atoms with E-state index in [9.17, 15) is 8.78 Å². The van der Waals surface area contributed by atoms with E-state index in [1.165, 1.54) is 0 Å². The lowest BCUT2D eigenvalue weighted by Gasteiger charge is -2.09. The van der Waals surface area contributed by atoms with Crippen molar-refractivity contribution in [3.63, 3.8) is 0 Å². The van der Waals surface area contributed by atoms with Crippen LogP contribution in [0.5, 0.6) is 5.75 Å². The summed E-state index contributed by atoms with van der Waals surface area (Å²) in [7, 11) is 0. The van der Waals surface area contributed by atoms with Crippen LogP contribution in [-0.4, -0.2) is 5.11 Å². The summed E-state index contributed by atoms with van der Waals surface area (Å²) in [6, 6.07) is 9.61. The van der Waals surface area contributed by atoms with Crippen LogP contribution in [0.1, 0.15) is 16.7 Å². The smallest absolute Gasteiger partial charge is 0.191 e. The summed E-state index contributed by atoms with van der Waals surface area (Å²) in [5, 5.41) is 8.84. The van der Waals surface area contributed by atoms with Crippen LogP contribution in [-0.2, 0) is 13.2 Å². The summed E-state index contributed by atoms with van der Waals surface area (Å²) < 4.78 is 32.3. The van der Waals surface area contributed by atoms with Gasteiger partial charge in [-0.2, -0.15) is 0 Å². The summed E-state index contributed by atoms with van der Waals surface area (Å²) in [6.07, 6.45) is 0. The lowest BCUT2D eigenvalue weighted by atomic mass is 10.1. The summed E-state index contributed by atoms with van der Waals surface area (Å²) >= 11 is 0. The van der Waals surface area contributed by atoms with E-state index < -0.39 is 24.0 Å². The van der Waals surface area contributed by atoms with Crippen LogP contribution >= 0.6 is 0 Å². The molecule has 4 heteroatoms. The van der Waals surface area contributed by atoms with E-state index >= 15 is 0 Å². The number of rotatable bonds is 4. The zero-order valence-corrected chi connectivity index (χ0v) is 10.5. The number of hydrogen-bond acceptors (Lipinski definition) is 2. The highest BCUT2D eigenvalue weighted by atomic mass is 19.1. The number of aliphatic hydroxyl groups is 1. The summed E-state index contributed by atoms with van der Waals surface area (Å²) in [6.45, 7) is 1.64. The topological polar surface area (TPSA) is 29.5 Å². The molecule has 2 nitrogen and oxygen atoms in total. The Balaban J connectivity index is 2.13. The Hall–Kier alpha value is -1.94. The highest BCUT2D eigenvalue weighted by molar-refractivity contribution is 5.31. The molecule has 0 amide bonds. The number of hydrogen-bond donors (Lipinski definition) is 1. The van der Waals surface area contributed by atoms with Crippen molar-refractivity contribution >= 4 is 0 Å². The normalized spacial score (nSPS) is 10.5. The van der Waals surface area contributed by atoms with Gasteiger partial charge in [0.15, 0.2) is 17.4 Å². The molecule has 0 unspecified atom stereocenters. The van der Waals surface area contributed by atoms with Gasteiger partial charge in [-0.05, 0) is 30.2 Å². The number of aryl methyl sites for hydroxylation is 1. The number of aliphatic hydroxyl groups excluding tert-OH is 1. The second-order valence-electron chi connectivity index (χ2n) is 4.32. The zero-order valence-electron chi connectivity index (χ0n) is 10.5. The van der Waals surface area contributed by atoms with Crippen molar-refractivity contribution < 1.29 is 18.6 Å². The lowest BCUT2D eigenvalue weighted by molar-refractivity contribution is 0.266. The van der Waals surface area contributed by atoms with E-state index in [0.717, 1.165) is 23.3 Å². The maximum Gasteiger partial charge on any atom is 0.191 e. The molecule has 0 aliphatic heterocycles. The fourth-order valence-electron chi connectivity index (χ4n) is 1.68. The lowest BCUT2D eigenvalue weighted by Crippen LogP contribution is -2.01. The van der Waals surface area contributed by atoms with Gasteiger partial charge in [-0.3, -0.25) is 0 Å². The van der Waals surface area contributed by atoms with Crippen molar-refractivity contribution in [3.05, 3.63) is 64.7 Å². The van der Waals surface area contributed by atoms with E-state index in [0.29, 0.717) is 0 Å². The Kier molecular flexibility index (Phi) is 4.12. The van der Waals surface area contributed by atoms with Gasteiger partial charge in [-0.15, -0.1) is 0 Å². The molecule has 0 aromatic heterocycles. The van der Waals surface area contributed by atoms with Gasteiger partial charge in [0.05, 0.1) is 6.61 Å². The number of halogens is 2. The first kappa shape index (κ1) is 13.5. The monoisotopic (exact) mass is 264 g/mol. The molecule has 100 valence electrons. The van der Waals surface area contributed by atoms with Crippen molar-refractivity contribution in [2.75, 3.05) is 0 Å². The van der Waals surface area contributed by atoms with E-state index in [2.05, 4.69) is 0 Å². The molecule has 0 aliphatic carbocycles. The second-order valence-corrected chi connectivity index (χ2v) is 4.32. The standard InChI is InChI=1S/C15H14F2O2/c1-10-2-4-11(5-3-10)9-19-15-13(16)6-12(8-18)7-14(15)17/h2-7,18H,8-9H2,1H3. The molecule has 0 bridgehead atoms. The maximum atomic E-state index is 13.6. The highest BCUT2D eigenvalue weighted by Crippen LogP contribution is 2.24. The Bertz CT molecular complexity index is 542. The molecule has 0 spiro atoms. The van der Waals surface area contributed by atoms with Crippen LogP contribution < -0.4 is 4.74 Å². The van der Waals surface area contributed by atoms with Crippen LogP contribution in [0.25, 0.3) is 0 Å². The largest absolute Gasteiger partial charge is 0.483 e. The zero-order chi connectivity index (χ0) is 13.8. The van der Waals surface area contributed by atoms with Gasteiger partial charge in [0.25, 0.3) is 0 Å².